The Hall–Kier alpha value is -0.650. The first kappa shape index (κ1) is 12.4. The molecule has 0 saturated carbocycles. The number of aliphatic hydroxyl groups excluding tert-OH is 1. The van der Waals surface area contributed by atoms with E-state index in [1.807, 2.05) is 0 Å². The summed E-state index contributed by atoms with van der Waals surface area (Å²) in [6, 6.07) is 0.367. The van der Waals surface area contributed by atoms with Gasteiger partial charge >= 0.3 is 0 Å². The molecule has 3 unspecified atom stereocenters. The molecule has 1 aliphatic heterocycles. The summed E-state index contributed by atoms with van der Waals surface area (Å²) in [6.07, 6.45) is 2.90. The van der Waals surface area contributed by atoms with E-state index in [9.17, 15) is 5.11 Å². The van der Waals surface area contributed by atoms with E-state index < -0.39 is 0 Å². The zero-order valence-electron chi connectivity index (χ0n) is 10.9. The number of fused-ring (bicyclic) bond motifs is 1. The number of thiazole rings is 1. The highest BCUT2D eigenvalue weighted by atomic mass is 32.1. The average molecular weight is 268 g/mol. The molecular weight excluding hydrogens is 248 g/mol. The zero-order chi connectivity index (χ0) is 12.7. The summed E-state index contributed by atoms with van der Waals surface area (Å²) in [5, 5.41) is 11.1. The maximum atomic E-state index is 10.0. The highest BCUT2D eigenvalue weighted by molar-refractivity contribution is 7.15. The van der Waals surface area contributed by atoms with Crippen LogP contribution in [0.3, 0.4) is 0 Å². The van der Waals surface area contributed by atoms with Crippen molar-refractivity contribution in [3.8, 4) is 0 Å². The van der Waals surface area contributed by atoms with Crippen LogP contribution in [0.15, 0.2) is 0 Å². The van der Waals surface area contributed by atoms with Gasteiger partial charge in [0.25, 0.3) is 0 Å². The van der Waals surface area contributed by atoms with Gasteiger partial charge < -0.3 is 14.7 Å². The monoisotopic (exact) mass is 268 g/mol. The topological polar surface area (TPSA) is 45.6 Å². The van der Waals surface area contributed by atoms with E-state index in [-0.39, 0.29) is 12.2 Å². The third kappa shape index (κ3) is 2.15. The number of morpholine rings is 1. The van der Waals surface area contributed by atoms with Crippen LogP contribution < -0.4 is 4.90 Å². The van der Waals surface area contributed by atoms with Gasteiger partial charge in [-0.15, -0.1) is 0 Å². The second kappa shape index (κ2) is 4.79. The number of rotatable bonds is 1. The average Bonchev–Trinajstić information content (AvgIpc) is 2.77. The van der Waals surface area contributed by atoms with Crippen molar-refractivity contribution in [3.63, 3.8) is 0 Å². The van der Waals surface area contributed by atoms with E-state index in [0.717, 1.165) is 48.1 Å². The largest absolute Gasteiger partial charge is 0.388 e. The van der Waals surface area contributed by atoms with E-state index >= 15 is 0 Å². The number of aliphatic hydroxyl groups is 1. The summed E-state index contributed by atoms with van der Waals surface area (Å²) in [4.78, 5) is 8.15. The number of hydrogen-bond acceptors (Lipinski definition) is 5. The van der Waals surface area contributed by atoms with Crippen molar-refractivity contribution in [2.75, 3.05) is 18.1 Å². The summed E-state index contributed by atoms with van der Waals surface area (Å²) in [5.74, 6) is 0. The Kier molecular flexibility index (Phi) is 3.30. The molecule has 1 fully saturated rings. The summed E-state index contributed by atoms with van der Waals surface area (Å²) in [5.41, 5.74) is 1.11. The number of anilines is 1. The van der Waals surface area contributed by atoms with Crippen LogP contribution in [-0.4, -0.2) is 35.4 Å². The van der Waals surface area contributed by atoms with E-state index in [1.165, 1.54) is 0 Å². The van der Waals surface area contributed by atoms with Crippen LogP contribution in [-0.2, 0) is 11.2 Å². The van der Waals surface area contributed by atoms with Gasteiger partial charge in [0.15, 0.2) is 5.13 Å². The molecule has 1 saturated heterocycles. The van der Waals surface area contributed by atoms with Gasteiger partial charge in [-0.25, -0.2) is 4.98 Å². The number of nitrogens with zero attached hydrogens (tertiary/aromatic N) is 2. The molecule has 18 heavy (non-hydrogen) atoms. The second-order valence-electron chi connectivity index (χ2n) is 5.36. The van der Waals surface area contributed by atoms with Crippen molar-refractivity contribution in [1.29, 1.82) is 0 Å². The number of hydrogen-bond donors (Lipinski definition) is 1. The van der Waals surface area contributed by atoms with Crippen LogP contribution in [0.5, 0.6) is 0 Å². The summed E-state index contributed by atoms with van der Waals surface area (Å²) >= 11 is 1.66. The normalized spacial score (nSPS) is 32.4. The molecule has 0 radical (unpaired) electrons. The SMILES string of the molecule is CC1CN(c2nc3c(s2)C(O)CCC3)C(C)CO1. The quantitative estimate of drug-likeness (QED) is 0.847. The Labute approximate surface area is 112 Å². The van der Waals surface area contributed by atoms with Crippen molar-refractivity contribution < 1.29 is 9.84 Å². The van der Waals surface area contributed by atoms with Crippen LogP contribution in [0.4, 0.5) is 5.13 Å². The summed E-state index contributed by atoms with van der Waals surface area (Å²) < 4.78 is 5.65. The molecule has 5 heteroatoms. The molecule has 1 aromatic heterocycles. The van der Waals surface area contributed by atoms with Crippen molar-refractivity contribution in [1.82, 2.24) is 4.98 Å². The third-order valence-electron chi connectivity index (χ3n) is 3.76. The van der Waals surface area contributed by atoms with E-state index in [4.69, 9.17) is 9.72 Å². The predicted octanol–water partition coefficient (Wildman–Crippen LogP) is 2.13. The fourth-order valence-electron chi connectivity index (χ4n) is 2.68. The Morgan fingerprint density at radius 3 is 3.06 bits per heavy atom. The van der Waals surface area contributed by atoms with Crippen molar-refractivity contribution in [3.05, 3.63) is 10.6 Å². The van der Waals surface area contributed by atoms with Crippen LogP contribution in [0.25, 0.3) is 0 Å². The first-order chi connectivity index (χ1) is 8.65. The lowest BCUT2D eigenvalue weighted by Gasteiger charge is -2.36. The van der Waals surface area contributed by atoms with Gasteiger partial charge in [-0.3, -0.25) is 0 Å². The summed E-state index contributed by atoms with van der Waals surface area (Å²) in [7, 11) is 0. The van der Waals surface area contributed by atoms with Gasteiger partial charge in [0.2, 0.25) is 0 Å². The second-order valence-corrected chi connectivity index (χ2v) is 6.37. The molecule has 1 aromatic rings. The van der Waals surface area contributed by atoms with Gasteiger partial charge in [0.1, 0.15) is 0 Å². The van der Waals surface area contributed by atoms with Crippen molar-refractivity contribution >= 4 is 16.5 Å². The number of aromatic nitrogens is 1. The molecule has 0 aromatic carbocycles. The Morgan fingerprint density at radius 2 is 2.28 bits per heavy atom. The standard InChI is InChI=1S/C13H20N2O2S/c1-8-7-17-9(2)6-15(8)13-14-10-4-3-5-11(16)12(10)18-13/h8-9,11,16H,3-7H2,1-2H3. The lowest BCUT2D eigenvalue weighted by atomic mass is 10.0. The molecule has 0 amide bonds. The van der Waals surface area contributed by atoms with Crippen molar-refractivity contribution in [2.45, 2.75) is 51.4 Å². The maximum Gasteiger partial charge on any atom is 0.186 e. The van der Waals surface area contributed by atoms with Crippen LogP contribution >= 0.6 is 11.3 Å². The molecule has 0 spiro atoms. The van der Waals surface area contributed by atoms with Crippen molar-refractivity contribution in [2.24, 2.45) is 0 Å². The van der Waals surface area contributed by atoms with E-state index in [2.05, 4.69) is 18.7 Å². The van der Waals surface area contributed by atoms with Gasteiger partial charge in [0, 0.05) is 6.54 Å². The minimum Gasteiger partial charge on any atom is -0.388 e. The van der Waals surface area contributed by atoms with Crippen LogP contribution in [0.1, 0.15) is 43.4 Å². The van der Waals surface area contributed by atoms with Gasteiger partial charge in [-0.1, -0.05) is 11.3 Å². The molecule has 100 valence electrons. The highest BCUT2D eigenvalue weighted by Gasteiger charge is 2.29. The number of aryl methyl sites for hydroxylation is 1. The molecule has 1 N–H and O–H groups in total. The highest BCUT2D eigenvalue weighted by Crippen LogP contribution is 2.38. The molecular formula is C13H20N2O2S. The molecule has 1 aliphatic carbocycles. The molecule has 2 aliphatic rings. The van der Waals surface area contributed by atoms with Gasteiger partial charge in [-0.05, 0) is 33.1 Å². The zero-order valence-corrected chi connectivity index (χ0v) is 11.7. The fraction of sp³-hybridized carbons (Fsp3) is 0.769. The molecule has 3 atom stereocenters. The lowest BCUT2D eigenvalue weighted by molar-refractivity contribution is 0.0343. The first-order valence-electron chi connectivity index (χ1n) is 6.71. The Balaban J connectivity index is 1.87. The fourth-order valence-corrected chi connectivity index (χ4v) is 3.92. The molecule has 3 rings (SSSR count). The third-order valence-corrected chi connectivity index (χ3v) is 5.00. The lowest BCUT2D eigenvalue weighted by Crippen LogP contribution is -2.47. The molecule has 2 heterocycles. The minimum atomic E-state index is -0.297. The Morgan fingerprint density at radius 1 is 1.44 bits per heavy atom. The molecule has 4 nitrogen and oxygen atoms in total. The van der Waals surface area contributed by atoms with Gasteiger partial charge in [0.05, 0.1) is 35.4 Å². The Bertz CT molecular complexity index is 435. The maximum absolute atomic E-state index is 10.0. The van der Waals surface area contributed by atoms with E-state index in [0.29, 0.717) is 6.04 Å². The number of ether oxygens (including phenoxy) is 1. The predicted molar refractivity (Wildman–Crippen MR) is 72.2 cm³/mol. The van der Waals surface area contributed by atoms with E-state index in [1.54, 1.807) is 11.3 Å². The first-order valence-corrected chi connectivity index (χ1v) is 7.52. The smallest absolute Gasteiger partial charge is 0.186 e. The summed E-state index contributed by atoms with van der Waals surface area (Å²) in [6.45, 7) is 5.92. The molecule has 0 bridgehead atoms. The van der Waals surface area contributed by atoms with Gasteiger partial charge in [-0.2, -0.15) is 0 Å². The minimum absolute atomic E-state index is 0.257. The van der Waals surface area contributed by atoms with Crippen LogP contribution in [0.2, 0.25) is 0 Å². The van der Waals surface area contributed by atoms with Crippen LogP contribution in [0, 0.1) is 0 Å².